The molecule has 0 aliphatic carbocycles. The van der Waals surface area contributed by atoms with Crippen molar-refractivity contribution in [3.05, 3.63) is 57.5 Å². The number of hydrogen-bond acceptors (Lipinski definition) is 5. The lowest BCUT2D eigenvalue weighted by Crippen LogP contribution is -2.46. The van der Waals surface area contributed by atoms with Crippen LogP contribution in [0, 0.1) is 4.77 Å². The van der Waals surface area contributed by atoms with Gasteiger partial charge in [0.05, 0.1) is 6.67 Å². The summed E-state index contributed by atoms with van der Waals surface area (Å²) in [6, 6.07) is 12.3. The highest BCUT2D eigenvalue weighted by Gasteiger charge is 2.18. The molecule has 3 heterocycles. The average Bonchev–Trinajstić information content (AvgIpc) is 3.28. The molecular weight excluding hydrogens is 350 g/mol. The van der Waals surface area contributed by atoms with Gasteiger partial charge in [0, 0.05) is 38.3 Å². The topological polar surface area (TPSA) is 40.1 Å². The normalized spacial score (nSPS) is 16.3. The van der Waals surface area contributed by atoms with Crippen molar-refractivity contribution in [3.63, 3.8) is 0 Å². The van der Waals surface area contributed by atoms with Crippen molar-refractivity contribution >= 4 is 23.6 Å². The Kier molecular flexibility index (Phi) is 5.07. The maximum absolute atomic E-state index is 5.43. The summed E-state index contributed by atoms with van der Waals surface area (Å²) in [6.07, 6.45) is 0. The summed E-state index contributed by atoms with van der Waals surface area (Å²) in [5, 5.41) is 7.73. The van der Waals surface area contributed by atoms with Gasteiger partial charge in [0.15, 0.2) is 5.82 Å². The molecule has 1 aliphatic rings. The van der Waals surface area contributed by atoms with E-state index in [0.717, 1.165) is 50.8 Å². The molecule has 0 spiro atoms. The van der Waals surface area contributed by atoms with Gasteiger partial charge in [0.25, 0.3) is 0 Å². The van der Waals surface area contributed by atoms with Crippen LogP contribution in [0.4, 0.5) is 0 Å². The molecule has 3 aromatic rings. The molecule has 0 unspecified atom stereocenters. The minimum absolute atomic E-state index is 0.611. The van der Waals surface area contributed by atoms with Crippen LogP contribution in [0.3, 0.4) is 0 Å². The summed E-state index contributed by atoms with van der Waals surface area (Å²) in [4.78, 5) is 9.44. The monoisotopic (exact) mass is 371 g/mol. The first-order chi connectivity index (χ1) is 12.3. The average molecular weight is 372 g/mol. The highest BCUT2D eigenvalue weighted by molar-refractivity contribution is 7.71. The fourth-order valence-corrected chi connectivity index (χ4v) is 3.96. The lowest BCUT2D eigenvalue weighted by Gasteiger charge is -2.34. The maximum atomic E-state index is 5.43. The molecule has 0 saturated carbocycles. The van der Waals surface area contributed by atoms with Crippen LogP contribution in [-0.2, 0) is 13.2 Å². The Morgan fingerprint density at radius 2 is 1.80 bits per heavy atom. The third-order valence-corrected chi connectivity index (χ3v) is 5.56. The zero-order valence-corrected chi connectivity index (χ0v) is 15.6. The van der Waals surface area contributed by atoms with Crippen LogP contribution in [0.25, 0.3) is 11.4 Å². The van der Waals surface area contributed by atoms with Gasteiger partial charge in [0.2, 0.25) is 4.77 Å². The van der Waals surface area contributed by atoms with Crippen molar-refractivity contribution in [2.45, 2.75) is 13.2 Å². The SMILES string of the molecule is S=c1nc(-c2ccccc2)[nH]n1CN1CCN(Cc2ccsc2)CC1. The van der Waals surface area contributed by atoms with Crippen LogP contribution in [-0.4, -0.2) is 50.7 Å². The van der Waals surface area contributed by atoms with Crippen molar-refractivity contribution in [3.8, 4) is 11.4 Å². The van der Waals surface area contributed by atoms with E-state index in [1.54, 1.807) is 11.3 Å². The Morgan fingerprint density at radius 3 is 2.52 bits per heavy atom. The van der Waals surface area contributed by atoms with E-state index in [2.05, 4.69) is 36.7 Å². The number of H-pyrrole nitrogens is 1. The molecule has 25 heavy (non-hydrogen) atoms. The number of rotatable bonds is 5. The number of aromatic amines is 1. The second-order valence-electron chi connectivity index (χ2n) is 6.32. The highest BCUT2D eigenvalue weighted by atomic mass is 32.1. The minimum Gasteiger partial charge on any atom is -0.297 e. The van der Waals surface area contributed by atoms with Gasteiger partial charge >= 0.3 is 0 Å². The fraction of sp³-hybridized carbons (Fsp3) is 0.333. The van der Waals surface area contributed by atoms with Crippen molar-refractivity contribution in [1.29, 1.82) is 0 Å². The molecule has 1 fully saturated rings. The predicted octanol–water partition coefficient (Wildman–Crippen LogP) is 3.44. The first kappa shape index (κ1) is 16.7. The Labute approximate surface area is 156 Å². The van der Waals surface area contributed by atoms with E-state index in [9.17, 15) is 0 Å². The first-order valence-electron chi connectivity index (χ1n) is 8.46. The zero-order chi connectivity index (χ0) is 17.1. The van der Waals surface area contributed by atoms with Crippen molar-refractivity contribution < 1.29 is 0 Å². The second kappa shape index (κ2) is 7.61. The van der Waals surface area contributed by atoms with Gasteiger partial charge in [-0.15, -0.1) is 0 Å². The summed E-state index contributed by atoms with van der Waals surface area (Å²) in [7, 11) is 0. The fourth-order valence-electron chi connectivity index (χ4n) is 3.11. The molecule has 1 N–H and O–H groups in total. The maximum Gasteiger partial charge on any atom is 0.217 e. The van der Waals surface area contributed by atoms with Gasteiger partial charge in [-0.25, -0.2) is 4.68 Å². The highest BCUT2D eigenvalue weighted by Crippen LogP contribution is 2.15. The zero-order valence-electron chi connectivity index (χ0n) is 14.0. The molecule has 2 aromatic heterocycles. The van der Waals surface area contributed by atoms with Crippen molar-refractivity contribution in [2.75, 3.05) is 26.2 Å². The number of piperazine rings is 1. The quantitative estimate of drug-likeness (QED) is 0.698. The van der Waals surface area contributed by atoms with Crippen LogP contribution in [0.15, 0.2) is 47.2 Å². The molecule has 4 rings (SSSR count). The molecule has 0 atom stereocenters. The summed E-state index contributed by atoms with van der Waals surface area (Å²) < 4.78 is 2.58. The Bertz CT molecular complexity index is 845. The van der Waals surface area contributed by atoms with Gasteiger partial charge in [-0.1, -0.05) is 30.3 Å². The first-order valence-corrected chi connectivity index (χ1v) is 9.81. The molecule has 0 amide bonds. The van der Waals surface area contributed by atoms with Gasteiger partial charge in [0.1, 0.15) is 0 Å². The van der Waals surface area contributed by atoms with Gasteiger partial charge in [-0.2, -0.15) is 16.3 Å². The van der Waals surface area contributed by atoms with Crippen LogP contribution < -0.4 is 0 Å². The van der Waals surface area contributed by atoms with Gasteiger partial charge in [-0.3, -0.25) is 14.9 Å². The number of nitrogens with one attached hydrogen (secondary N) is 1. The molecule has 1 saturated heterocycles. The predicted molar refractivity (Wildman–Crippen MR) is 104 cm³/mol. The Morgan fingerprint density at radius 1 is 1.04 bits per heavy atom. The van der Waals surface area contributed by atoms with Crippen LogP contribution in [0.1, 0.15) is 5.56 Å². The van der Waals surface area contributed by atoms with Crippen molar-refractivity contribution in [1.82, 2.24) is 24.6 Å². The second-order valence-corrected chi connectivity index (χ2v) is 7.46. The molecule has 0 radical (unpaired) electrons. The molecule has 7 heteroatoms. The molecule has 1 aromatic carbocycles. The Balaban J connectivity index is 1.36. The van der Waals surface area contributed by atoms with Crippen LogP contribution in [0.2, 0.25) is 0 Å². The number of nitrogens with zero attached hydrogens (tertiary/aromatic N) is 4. The van der Waals surface area contributed by atoms with Crippen LogP contribution in [0.5, 0.6) is 0 Å². The van der Waals surface area contributed by atoms with E-state index in [1.165, 1.54) is 5.56 Å². The van der Waals surface area contributed by atoms with E-state index in [1.807, 2.05) is 35.0 Å². The van der Waals surface area contributed by atoms with E-state index in [0.29, 0.717) is 4.77 Å². The molecule has 0 bridgehead atoms. The van der Waals surface area contributed by atoms with E-state index < -0.39 is 0 Å². The smallest absolute Gasteiger partial charge is 0.217 e. The molecule has 1 aliphatic heterocycles. The lowest BCUT2D eigenvalue weighted by molar-refractivity contribution is 0.0983. The standard InChI is InChI=1S/C18H21N5S2/c24-18-19-17(16-4-2-1-3-5-16)20-23(18)14-22-9-7-21(8-10-22)12-15-6-11-25-13-15/h1-6,11,13H,7-10,12,14H2,(H,19,20,24). The number of hydrogen-bond donors (Lipinski definition) is 1. The van der Waals surface area contributed by atoms with E-state index in [4.69, 9.17) is 12.2 Å². The lowest BCUT2D eigenvalue weighted by atomic mass is 10.2. The third kappa shape index (κ3) is 4.07. The van der Waals surface area contributed by atoms with Crippen LogP contribution >= 0.6 is 23.6 Å². The Hall–Kier alpha value is -1.80. The molecule has 5 nitrogen and oxygen atoms in total. The molecular formula is C18H21N5S2. The minimum atomic E-state index is 0.611. The summed E-state index contributed by atoms with van der Waals surface area (Å²) in [5.41, 5.74) is 2.48. The largest absolute Gasteiger partial charge is 0.297 e. The number of thiophene rings is 1. The van der Waals surface area contributed by atoms with E-state index in [-0.39, 0.29) is 0 Å². The summed E-state index contributed by atoms with van der Waals surface area (Å²) in [6.45, 7) is 6.09. The third-order valence-electron chi connectivity index (χ3n) is 4.52. The molecule has 130 valence electrons. The van der Waals surface area contributed by atoms with Gasteiger partial charge in [-0.05, 0) is 34.6 Å². The summed E-state index contributed by atoms with van der Waals surface area (Å²) in [5.74, 6) is 0.835. The van der Waals surface area contributed by atoms with E-state index >= 15 is 0 Å². The summed E-state index contributed by atoms with van der Waals surface area (Å²) >= 11 is 7.20. The van der Waals surface area contributed by atoms with Crippen molar-refractivity contribution in [2.24, 2.45) is 0 Å². The number of aromatic nitrogens is 3. The van der Waals surface area contributed by atoms with Gasteiger partial charge < -0.3 is 0 Å². The number of benzene rings is 1.